The standard InChI is InChI=1S/C24H19N3O2.C23H17N3O.C23H19N3.C17H12ClN3O/c25-13-17-6-7-19(20(10-17)15-28)11-22(29)12-24-23(18-4-2-1-3-5-18)9-8-21-14-26-16-27(21)24;24-14-18-8-6-17(7-9-18)12-21(27)13-23-22(19-4-2-1-3-5-19)11-10-20-15-25-16-26(20)23;1-2-18-8-10-19(11-9-18)14-24-16-23-22(20-6-4-3-5-7-20)13-12-21-15-25-17-26(21)23;18-14-6-15(21-11-20-10-16(21)7-14)8-17(22)5-12-1-3-13(9-19)4-2-12/h1-10,14,16,28H,11-12,15H2;1-11,15-16H,12-13H2;1,3-13,15,17,24H,14,16H2;1-4,6-7,10-11H,5,8H2. The Morgan fingerprint density at radius 1 is 0.394 bits per heavy atom. The van der Waals surface area contributed by atoms with Crippen molar-refractivity contribution in [2.24, 2.45) is 0 Å². The summed E-state index contributed by atoms with van der Waals surface area (Å²) >= 11 is 6.07. The highest BCUT2D eigenvalue weighted by atomic mass is 35.5. The Morgan fingerprint density at radius 2 is 0.798 bits per heavy atom. The SMILES string of the molecule is C#Cc1ccc(CNCc2c(-c3ccccc3)ccc3cncn23)cc1.N#Cc1ccc(CC(=O)Cc2c(-c3ccccc3)ccc3cncn23)c(CO)c1.N#Cc1ccc(CC(=O)Cc2c(-c3ccccc3)ccc3cncn23)cc1.N#Cc1ccc(CC(=O)Cc2cc(Cl)cc3cncn23)cc1. The highest BCUT2D eigenvalue weighted by Crippen LogP contribution is 2.30. The number of terminal acetylenes is 1. The molecule has 16 nitrogen and oxygen atoms in total. The zero-order valence-electron chi connectivity index (χ0n) is 56.5. The lowest BCUT2D eigenvalue weighted by atomic mass is 9.96. The first-order valence-corrected chi connectivity index (χ1v) is 33.8. The highest BCUT2D eigenvalue weighted by molar-refractivity contribution is 6.31. The number of carbonyl (C=O) groups excluding carboxylic acids is 3. The Balaban J connectivity index is 0.000000131. The van der Waals surface area contributed by atoms with Crippen LogP contribution in [0.5, 0.6) is 0 Å². The fraction of sp³-hybridized carbons (Fsp3) is 0.103. The van der Waals surface area contributed by atoms with Gasteiger partial charge in [0, 0.05) is 102 Å². The van der Waals surface area contributed by atoms with Crippen molar-refractivity contribution in [3.63, 3.8) is 0 Å². The van der Waals surface area contributed by atoms with Crippen LogP contribution in [0.1, 0.15) is 72.8 Å². The van der Waals surface area contributed by atoms with Gasteiger partial charge in [0.2, 0.25) is 0 Å². The molecule has 2 N–H and O–H groups in total. The van der Waals surface area contributed by atoms with Gasteiger partial charge in [-0.3, -0.25) is 14.4 Å². The van der Waals surface area contributed by atoms with Gasteiger partial charge in [0.05, 0.1) is 114 Å². The zero-order chi connectivity index (χ0) is 72.2. The van der Waals surface area contributed by atoms with Crippen LogP contribution in [-0.2, 0) is 72.6 Å². The maximum Gasteiger partial charge on any atom is 0.143 e. The number of imidazole rings is 4. The third kappa shape index (κ3) is 17.6. The van der Waals surface area contributed by atoms with Crippen molar-refractivity contribution in [2.75, 3.05) is 0 Å². The van der Waals surface area contributed by atoms with Crippen molar-refractivity contribution in [3.05, 3.63) is 358 Å². The first-order valence-electron chi connectivity index (χ1n) is 33.5. The molecule has 0 amide bonds. The molecule has 0 saturated carbocycles. The van der Waals surface area contributed by atoms with Crippen LogP contribution in [0, 0.1) is 46.3 Å². The summed E-state index contributed by atoms with van der Waals surface area (Å²) in [5, 5.41) is 40.5. The third-order valence-electron chi connectivity index (χ3n) is 17.6. The lowest BCUT2D eigenvalue weighted by Crippen LogP contribution is -2.16. The number of hydrogen-bond acceptors (Lipinski definition) is 12. The predicted molar refractivity (Wildman–Crippen MR) is 404 cm³/mol. The smallest absolute Gasteiger partial charge is 0.143 e. The van der Waals surface area contributed by atoms with Crippen LogP contribution in [-0.4, -0.2) is 60.0 Å². The Hall–Kier alpha value is -13.5. The van der Waals surface area contributed by atoms with Crippen LogP contribution in [0.2, 0.25) is 5.02 Å². The number of fused-ring (bicyclic) bond motifs is 4. The number of pyridine rings is 4. The van der Waals surface area contributed by atoms with E-state index in [1.54, 1.807) is 98.2 Å². The Morgan fingerprint density at radius 3 is 1.26 bits per heavy atom. The molecule has 0 bridgehead atoms. The number of Topliss-reactive ketones (excluding diaryl/α,β-unsaturated/α-hetero) is 3. The molecule has 104 heavy (non-hydrogen) atoms. The topological polar surface area (TPSA) is 224 Å². The number of hydrogen-bond donors (Lipinski definition) is 2. The summed E-state index contributed by atoms with van der Waals surface area (Å²) in [6, 6.07) is 80.0. The second-order valence-corrected chi connectivity index (χ2v) is 25.0. The Labute approximate surface area is 606 Å². The van der Waals surface area contributed by atoms with Crippen molar-refractivity contribution < 1.29 is 19.5 Å². The molecule has 7 aromatic carbocycles. The van der Waals surface area contributed by atoms with E-state index >= 15 is 0 Å². The molecule has 8 aromatic heterocycles. The molecule has 15 rings (SSSR count). The van der Waals surface area contributed by atoms with Crippen molar-refractivity contribution in [3.8, 4) is 63.9 Å². The minimum atomic E-state index is -0.204. The number of aliphatic hydroxyl groups excluding tert-OH is 1. The van der Waals surface area contributed by atoms with Gasteiger partial charge in [-0.1, -0.05) is 169 Å². The number of ketones is 3. The third-order valence-corrected chi connectivity index (χ3v) is 17.8. The second kappa shape index (κ2) is 34.1. The van der Waals surface area contributed by atoms with Crippen LogP contribution >= 0.6 is 11.6 Å². The molecule has 0 fully saturated rings. The fourth-order valence-corrected chi connectivity index (χ4v) is 12.7. The number of halogens is 1. The van der Waals surface area contributed by atoms with Gasteiger partial charge in [-0.05, 0) is 123 Å². The summed E-state index contributed by atoms with van der Waals surface area (Å²) in [7, 11) is 0. The van der Waals surface area contributed by atoms with Gasteiger partial charge in [-0.2, -0.15) is 15.8 Å². The minimum Gasteiger partial charge on any atom is -0.392 e. The van der Waals surface area contributed by atoms with E-state index < -0.39 is 0 Å². The molecular weight excluding hydrogens is 1310 g/mol. The Bertz CT molecular complexity index is 5700. The van der Waals surface area contributed by atoms with E-state index in [1.807, 2.05) is 141 Å². The van der Waals surface area contributed by atoms with Crippen molar-refractivity contribution in [2.45, 2.75) is 58.2 Å². The molecule has 0 atom stereocenters. The number of aliphatic hydroxyl groups is 1. The summed E-state index contributed by atoms with van der Waals surface area (Å²) in [5.74, 6) is 2.89. The molecule has 0 aliphatic carbocycles. The van der Waals surface area contributed by atoms with E-state index in [9.17, 15) is 19.5 Å². The molecule has 17 heteroatoms. The van der Waals surface area contributed by atoms with Crippen molar-refractivity contribution in [1.29, 1.82) is 15.8 Å². The number of aromatic nitrogens is 8. The lowest BCUT2D eigenvalue weighted by Gasteiger charge is -2.14. The number of benzene rings is 7. The van der Waals surface area contributed by atoms with Crippen LogP contribution in [0.25, 0.3) is 55.4 Å². The first-order chi connectivity index (χ1) is 50.9. The number of carbonyl (C=O) groups is 3. The summed E-state index contributed by atoms with van der Waals surface area (Å²) in [4.78, 5) is 54.9. The number of nitriles is 3. The molecule has 0 unspecified atom stereocenters. The van der Waals surface area contributed by atoms with Crippen LogP contribution < -0.4 is 5.32 Å². The number of nitrogens with zero attached hydrogens (tertiary/aromatic N) is 11. The second-order valence-electron chi connectivity index (χ2n) is 24.6. The van der Waals surface area contributed by atoms with E-state index in [1.165, 1.54) is 22.4 Å². The maximum absolute atomic E-state index is 13.0. The maximum atomic E-state index is 13.0. The van der Waals surface area contributed by atoms with E-state index in [2.05, 4.69) is 108 Å². The molecule has 506 valence electrons. The van der Waals surface area contributed by atoms with E-state index in [4.69, 9.17) is 33.8 Å². The summed E-state index contributed by atoms with van der Waals surface area (Å²) in [6.07, 6.45) is 21.3. The highest BCUT2D eigenvalue weighted by Gasteiger charge is 2.19. The summed E-state index contributed by atoms with van der Waals surface area (Å²) in [5.41, 5.74) is 21.2. The number of nitrogens with one attached hydrogen (secondary N) is 1. The van der Waals surface area contributed by atoms with Crippen LogP contribution in [0.4, 0.5) is 0 Å². The first kappa shape index (κ1) is 70.4. The lowest BCUT2D eigenvalue weighted by molar-refractivity contribution is -0.118. The molecular formula is C87H67ClN12O4. The molecule has 15 aromatic rings. The fourth-order valence-electron chi connectivity index (χ4n) is 12.4. The van der Waals surface area contributed by atoms with E-state index in [0.29, 0.717) is 46.5 Å². The summed E-state index contributed by atoms with van der Waals surface area (Å²) in [6.45, 7) is 1.32. The number of rotatable bonds is 20. The molecule has 0 aliphatic rings. The molecule has 0 saturated heterocycles. The van der Waals surface area contributed by atoms with Crippen molar-refractivity contribution >= 4 is 51.0 Å². The average Bonchev–Trinajstić information content (AvgIpc) is 1.49. The normalized spacial score (nSPS) is 10.7. The Kier molecular flexibility index (Phi) is 23.1. The van der Waals surface area contributed by atoms with E-state index in [0.717, 1.165) is 96.7 Å². The van der Waals surface area contributed by atoms with Gasteiger partial charge in [-0.15, -0.1) is 6.42 Å². The summed E-state index contributed by atoms with van der Waals surface area (Å²) < 4.78 is 7.95. The molecule has 0 spiro atoms. The molecule has 0 radical (unpaired) electrons. The van der Waals surface area contributed by atoms with Crippen molar-refractivity contribution in [1.82, 2.24) is 42.9 Å². The predicted octanol–water partition coefficient (Wildman–Crippen LogP) is 15.4. The minimum absolute atomic E-state index is 0.0304. The average molecular weight is 1380 g/mol. The quantitative estimate of drug-likeness (QED) is 0.0680. The van der Waals surface area contributed by atoms with Gasteiger partial charge < -0.3 is 28.0 Å². The van der Waals surface area contributed by atoms with Gasteiger partial charge in [0.15, 0.2) is 0 Å². The van der Waals surface area contributed by atoms with Gasteiger partial charge in [-0.25, -0.2) is 19.9 Å². The van der Waals surface area contributed by atoms with Crippen LogP contribution in [0.3, 0.4) is 0 Å². The van der Waals surface area contributed by atoms with Gasteiger partial charge in [0.25, 0.3) is 0 Å². The monoisotopic (exact) mass is 1380 g/mol. The zero-order valence-corrected chi connectivity index (χ0v) is 57.2. The largest absolute Gasteiger partial charge is 0.392 e. The molecule has 8 heterocycles. The van der Waals surface area contributed by atoms with Crippen LogP contribution in [0.15, 0.2) is 281 Å². The van der Waals surface area contributed by atoms with Gasteiger partial charge in [0.1, 0.15) is 17.3 Å². The molecule has 0 aliphatic heterocycles. The van der Waals surface area contributed by atoms with E-state index in [-0.39, 0.29) is 43.2 Å². The van der Waals surface area contributed by atoms with Gasteiger partial charge >= 0.3 is 0 Å².